The second kappa shape index (κ2) is 6.22. The summed E-state index contributed by atoms with van der Waals surface area (Å²) in [6.07, 6.45) is 5.69. The van der Waals surface area contributed by atoms with Crippen LogP contribution in [0.15, 0.2) is 18.5 Å². The molecule has 1 aromatic rings. The molecule has 1 aromatic heterocycles. The highest BCUT2D eigenvalue weighted by Gasteiger charge is 2.11. The SMILES string of the molecule is CCCCN(CC)C(=O)Cn1cccn1. The van der Waals surface area contributed by atoms with Crippen molar-refractivity contribution in [2.45, 2.75) is 33.2 Å². The van der Waals surface area contributed by atoms with Gasteiger partial charge in [0.1, 0.15) is 6.54 Å². The van der Waals surface area contributed by atoms with E-state index in [9.17, 15) is 4.79 Å². The van der Waals surface area contributed by atoms with Crippen LogP contribution in [-0.4, -0.2) is 33.7 Å². The van der Waals surface area contributed by atoms with Crippen molar-refractivity contribution in [2.75, 3.05) is 13.1 Å². The number of aromatic nitrogens is 2. The van der Waals surface area contributed by atoms with Crippen LogP contribution in [-0.2, 0) is 11.3 Å². The second-order valence-electron chi connectivity index (χ2n) is 3.53. The van der Waals surface area contributed by atoms with Gasteiger partial charge in [-0.1, -0.05) is 13.3 Å². The molecule has 1 heterocycles. The van der Waals surface area contributed by atoms with Gasteiger partial charge in [-0.25, -0.2) is 0 Å². The first kappa shape index (κ1) is 11.8. The fraction of sp³-hybridized carbons (Fsp3) is 0.636. The van der Waals surface area contributed by atoms with E-state index in [0.717, 1.165) is 25.9 Å². The summed E-state index contributed by atoms with van der Waals surface area (Å²) in [5, 5.41) is 4.02. The summed E-state index contributed by atoms with van der Waals surface area (Å²) in [5.41, 5.74) is 0. The lowest BCUT2D eigenvalue weighted by Gasteiger charge is -2.20. The number of amides is 1. The summed E-state index contributed by atoms with van der Waals surface area (Å²) in [4.78, 5) is 13.7. The van der Waals surface area contributed by atoms with Crippen LogP contribution in [0.2, 0.25) is 0 Å². The minimum absolute atomic E-state index is 0.148. The summed E-state index contributed by atoms with van der Waals surface area (Å²) in [6.45, 7) is 6.13. The number of hydrogen-bond donors (Lipinski definition) is 0. The molecular formula is C11H19N3O. The Morgan fingerprint density at radius 1 is 1.47 bits per heavy atom. The van der Waals surface area contributed by atoms with Crippen molar-refractivity contribution in [2.24, 2.45) is 0 Å². The van der Waals surface area contributed by atoms with E-state index in [2.05, 4.69) is 12.0 Å². The van der Waals surface area contributed by atoms with E-state index in [1.54, 1.807) is 10.9 Å². The zero-order chi connectivity index (χ0) is 11.1. The molecule has 0 aliphatic carbocycles. The second-order valence-corrected chi connectivity index (χ2v) is 3.53. The monoisotopic (exact) mass is 209 g/mol. The van der Waals surface area contributed by atoms with Gasteiger partial charge in [-0.3, -0.25) is 9.48 Å². The van der Waals surface area contributed by atoms with Crippen LogP contribution >= 0.6 is 0 Å². The predicted octanol–water partition coefficient (Wildman–Crippen LogP) is 1.53. The van der Waals surface area contributed by atoms with E-state index in [1.807, 2.05) is 24.1 Å². The van der Waals surface area contributed by atoms with E-state index in [0.29, 0.717) is 6.54 Å². The van der Waals surface area contributed by atoms with Gasteiger partial charge in [0.05, 0.1) is 0 Å². The highest BCUT2D eigenvalue weighted by atomic mass is 16.2. The number of carbonyl (C=O) groups is 1. The molecule has 0 N–H and O–H groups in total. The molecule has 0 aliphatic rings. The fourth-order valence-electron chi connectivity index (χ4n) is 1.44. The quantitative estimate of drug-likeness (QED) is 0.712. The number of nitrogens with zero attached hydrogens (tertiary/aromatic N) is 3. The maximum Gasteiger partial charge on any atom is 0.244 e. The molecule has 1 amide bonds. The van der Waals surface area contributed by atoms with Gasteiger partial charge in [0, 0.05) is 25.5 Å². The molecule has 0 unspecified atom stereocenters. The molecule has 0 fully saturated rings. The summed E-state index contributed by atoms with van der Waals surface area (Å²) in [6, 6.07) is 1.83. The van der Waals surface area contributed by atoms with E-state index in [-0.39, 0.29) is 5.91 Å². The lowest BCUT2D eigenvalue weighted by Crippen LogP contribution is -2.34. The van der Waals surface area contributed by atoms with Gasteiger partial charge in [-0.05, 0) is 19.4 Å². The van der Waals surface area contributed by atoms with Crippen molar-refractivity contribution in [1.82, 2.24) is 14.7 Å². The van der Waals surface area contributed by atoms with Crippen LogP contribution in [0.1, 0.15) is 26.7 Å². The summed E-state index contributed by atoms with van der Waals surface area (Å²) in [5.74, 6) is 0.148. The van der Waals surface area contributed by atoms with Gasteiger partial charge in [-0.2, -0.15) is 5.10 Å². The number of hydrogen-bond acceptors (Lipinski definition) is 2. The van der Waals surface area contributed by atoms with Crippen LogP contribution in [0.5, 0.6) is 0 Å². The molecule has 4 heteroatoms. The molecule has 84 valence electrons. The maximum atomic E-state index is 11.8. The first-order valence-corrected chi connectivity index (χ1v) is 5.53. The Hall–Kier alpha value is -1.32. The standard InChI is InChI=1S/C11H19N3O/c1-3-5-8-13(4-2)11(15)10-14-9-6-7-12-14/h6-7,9H,3-5,8,10H2,1-2H3. The Kier molecular flexibility index (Phi) is 4.87. The van der Waals surface area contributed by atoms with Gasteiger partial charge in [0.15, 0.2) is 0 Å². The van der Waals surface area contributed by atoms with Crippen LogP contribution in [0.3, 0.4) is 0 Å². The molecule has 0 saturated carbocycles. The highest BCUT2D eigenvalue weighted by Crippen LogP contribution is 1.97. The lowest BCUT2D eigenvalue weighted by molar-refractivity contribution is -0.131. The van der Waals surface area contributed by atoms with Crippen LogP contribution in [0, 0.1) is 0 Å². The number of carbonyl (C=O) groups excluding carboxylic acids is 1. The van der Waals surface area contributed by atoms with Crippen molar-refractivity contribution in [3.8, 4) is 0 Å². The maximum absolute atomic E-state index is 11.8. The molecule has 1 rings (SSSR count). The molecule has 0 saturated heterocycles. The third-order valence-electron chi connectivity index (χ3n) is 2.37. The minimum atomic E-state index is 0.148. The number of unbranched alkanes of at least 4 members (excludes halogenated alkanes) is 1. The van der Waals surface area contributed by atoms with E-state index < -0.39 is 0 Å². The zero-order valence-corrected chi connectivity index (χ0v) is 9.52. The summed E-state index contributed by atoms with van der Waals surface area (Å²) < 4.78 is 1.66. The topological polar surface area (TPSA) is 38.1 Å². The highest BCUT2D eigenvalue weighted by molar-refractivity contribution is 5.75. The Morgan fingerprint density at radius 3 is 2.80 bits per heavy atom. The average Bonchev–Trinajstić information content (AvgIpc) is 2.71. The number of likely N-dealkylation sites (N-methyl/N-ethyl adjacent to an activating group) is 1. The first-order chi connectivity index (χ1) is 7.27. The van der Waals surface area contributed by atoms with Gasteiger partial charge in [-0.15, -0.1) is 0 Å². The summed E-state index contributed by atoms with van der Waals surface area (Å²) in [7, 11) is 0. The fourth-order valence-corrected chi connectivity index (χ4v) is 1.44. The van der Waals surface area contributed by atoms with Crippen molar-refractivity contribution in [1.29, 1.82) is 0 Å². The van der Waals surface area contributed by atoms with Crippen LogP contribution in [0.4, 0.5) is 0 Å². The molecule has 0 spiro atoms. The van der Waals surface area contributed by atoms with Crippen molar-refractivity contribution in [3.63, 3.8) is 0 Å². The molecule has 0 aromatic carbocycles. The molecule has 0 atom stereocenters. The summed E-state index contributed by atoms with van der Waals surface area (Å²) >= 11 is 0. The van der Waals surface area contributed by atoms with Gasteiger partial charge < -0.3 is 4.90 Å². The van der Waals surface area contributed by atoms with Crippen molar-refractivity contribution in [3.05, 3.63) is 18.5 Å². The molecule has 4 nitrogen and oxygen atoms in total. The molecule has 0 radical (unpaired) electrons. The van der Waals surface area contributed by atoms with Crippen LogP contribution < -0.4 is 0 Å². The minimum Gasteiger partial charge on any atom is -0.341 e. The number of rotatable bonds is 6. The van der Waals surface area contributed by atoms with E-state index >= 15 is 0 Å². The van der Waals surface area contributed by atoms with E-state index in [4.69, 9.17) is 0 Å². The molecule has 15 heavy (non-hydrogen) atoms. The van der Waals surface area contributed by atoms with Crippen molar-refractivity contribution >= 4 is 5.91 Å². The largest absolute Gasteiger partial charge is 0.341 e. The van der Waals surface area contributed by atoms with Gasteiger partial charge in [0.2, 0.25) is 5.91 Å². The predicted molar refractivity (Wildman–Crippen MR) is 59.4 cm³/mol. The Balaban J connectivity index is 2.43. The van der Waals surface area contributed by atoms with E-state index in [1.165, 1.54) is 0 Å². The van der Waals surface area contributed by atoms with Gasteiger partial charge in [0.25, 0.3) is 0 Å². The smallest absolute Gasteiger partial charge is 0.244 e. The van der Waals surface area contributed by atoms with Gasteiger partial charge >= 0.3 is 0 Å². The average molecular weight is 209 g/mol. The zero-order valence-electron chi connectivity index (χ0n) is 9.52. The molecule has 0 bridgehead atoms. The normalized spacial score (nSPS) is 10.3. The lowest BCUT2D eigenvalue weighted by atomic mass is 10.3. The Morgan fingerprint density at radius 2 is 2.27 bits per heavy atom. The Bertz CT molecular complexity index is 282. The third-order valence-corrected chi connectivity index (χ3v) is 2.37. The molecule has 0 aliphatic heterocycles. The molecular weight excluding hydrogens is 190 g/mol. The van der Waals surface area contributed by atoms with Crippen LogP contribution in [0.25, 0.3) is 0 Å². The first-order valence-electron chi connectivity index (χ1n) is 5.53. The third kappa shape index (κ3) is 3.73. The van der Waals surface area contributed by atoms with Crippen molar-refractivity contribution < 1.29 is 4.79 Å². The Labute approximate surface area is 90.9 Å².